The highest BCUT2D eigenvalue weighted by Gasteiger charge is 2.22. The predicted octanol–water partition coefficient (Wildman–Crippen LogP) is 2.68. The second kappa shape index (κ2) is 9.36. The Kier molecular flexibility index (Phi) is 7.50. The third kappa shape index (κ3) is 5.76. The molecule has 1 aromatic rings. The number of carbonyl (C=O) groups is 2. The molecule has 0 aliphatic carbocycles. The first kappa shape index (κ1) is 19.2. The molecule has 6 nitrogen and oxygen atoms in total. The van der Waals surface area contributed by atoms with Crippen molar-refractivity contribution in [3.8, 4) is 6.07 Å². The number of benzene rings is 1. The number of amides is 1. The summed E-state index contributed by atoms with van der Waals surface area (Å²) >= 11 is 0. The van der Waals surface area contributed by atoms with Gasteiger partial charge in [0, 0.05) is 11.9 Å². The minimum absolute atomic E-state index is 0.107. The summed E-state index contributed by atoms with van der Waals surface area (Å²) in [5.41, 5.74) is 1.68. The lowest BCUT2D eigenvalue weighted by Gasteiger charge is -2.16. The van der Waals surface area contributed by atoms with E-state index in [1.807, 2.05) is 45.0 Å². The summed E-state index contributed by atoms with van der Waals surface area (Å²) in [6.07, 6.45) is 2.41. The van der Waals surface area contributed by atoms with E-state index in [0.29, 0.717) is 6.42 Å². The number of anilines is 1. The third-order valence-corrected chi connectivity index (χ3v) is 3.45. The predicted molar refractivity (Wildman–Crippen MR) is 92.2 cm³/mol. The SMILES string of the molecule is CCc1ccccc1N/C=C(/C#N)C(=O)NC(CC(C)C)C(=O)O. The van der Waals surface area contributed by atoms with Crippen molar-refractivity contribution in [2.24, 2.45) is 5.92 Å². The Morgan fingerprint density at radius 3 is 2.54 bits per heavy atom. The van der Waals surface area contributed by atoms with E-state index in [2.05, 4.69) is 10.6 Å². The number of aryl methyl sites for hydroxylation is 1. The van der Waals surface area contributed by atoms with E-state index in [9.17, 15) is 9.59 Å². The Bertz CT molecular complexity index is 660. The maximum absolute atomic E-state index is 12.1. The molecule has 3 N–H and O–H groups in total. The monoisotopic (exact) mass is 329 g/mol. The summed E-state index contributed by atoms with van der Waals surface area (Å²) in [5.74, 6) is -1.71. The number of carbonyl (C=O) groups excluding carboxylic acids is 1. The van der Waals surface area contributed by atoms with Crippen LogP contribution >= 0.6 is 0 Å². The van der Waals surface area contributed by atoms with Crippen molar-refractivity contribution >= 4 is 17.6 Å². The molecule has 6 heteroatoms. The number of nitriles is 1. The second-order valence-corrected chi connectivity index (χ2v) is 5.82. The van der Waals surface area contributed by atoms with Gasteiger partial charge >= 0.3 is 5.97 Å². The Labute approximate surface area is 142 Å². The van der Waals surface area contributed by atoms with Crippen LogP contribution < -0.4 is 10.6 Å². The summed E-state index contributed by atoms with van der Waals surface area (Å²) in [6.45, 7) is 5.74. The zero-order valence-corrected chi connectivity index (χ0v) is 14.2. The van der Waals surface area contributed by atoms with E-state index >= 15 is 0 Å². The molecule has 0 saturated carbocycles. The van der Waals surface area contributed by atoms with Crippen LogP contribution in [0.3, 0.4) is 0 Å². The van der Waals surface area contributed by atoms with Gasteiger partial charge in [0.05, 0.1) is 0 Å². The van der Waals surface area contributed by atoms with Gasteiger partial charge in [0.15, 0.2) is 0 Å². The van der Waals surface area contributed by atoms with Crippen molar-refractivity contribution in [1.82, 2.24) is 5.32 Å². The summed E-state index contributed by atoms with van der Waals surface area (Å²) in [7, 11) is 0. The highest BCUT2D eigenvalue weighted by molar-refractivity contribution is 5.99. The number of hydrogen-bond acceptors (Lipinski definition) is 4. The maximum atomic E-state index is 12.1. The van der Waals surface area contributed by atoms with E-state index in [4.69, 9.17) is 10.4 Å². The number of carboxylic acid groups (broad SMARTS) is 1. The fourth-order valence-electron chi connectivity index (χ4n) is 2.20. The molecule has 0 bridgehead atoms. The van der Waals surface area contributed by atoms with Gasteiger partial charge in [-0.15, -0.1) is 0 Å². The van der Waals surface area contributed by atoms with Crippen molar-refractivity contribution in [3.05, 3.63) is 41.6 Å². The molecule has 0 aliphatic rings. The van der Waals surface area contributed by atoms with Crippen LogP contribution in [-0.2, 0) is 16.0 Å². The van der Waals surface area contributed by atoms with Crippen molar-refractivity contribution in [1.29, 1.82) is 5.26 Å². The Morgan fingerprint density at radius 2 is 2.00 bits per heavy atom. The van der Waals surface area contributed by atoms with E-state index in [1.54, 1.807) is 6.07 Å². The maximum Gasteiger partial charge on any atom is 0.326 e. The first-order valence-electron chi connectivity index (χ1n) is 7.87. The topological polar surface area (TPSA) is 102 Å². The quantitative estimate of drug-likeness (QED) is 0.503. The molecule has 128 valence electrons. The van der Waals surface area contributed by atoms with Gasteiger partial charge in [-0.2, -0.15) is 5.26 Å². The normalized spacial score (nSPS) is 12.4. The largest absolute Gasteiger partial charge is 0.480 e. The molecule has 0 spiro atoms. The molecule has 0 fully saturated rings. The van der Waals surface area contributed by atoms with Crippen LogP contribution in [0.5, 0.6) is 0 Å². The zero-order valence-electron chi connectivity index (χ0n) is 14.2. The van der Waals surface area contributed by atoms with E-state index < -0.39 is 17.9 Å². The van der Waals surface area contributed by atoms with Gasteiger partial charge < -0.3 is 15.7 Å². The van der Waals surface area contributed by atoms with Crippen LogP contribution in [0.4, 0.5) is 5.69 Å². The highest BCUT2D eigenvalue weighted by Crippen LogP contribution is 2.15. The van der Waals surface area contributed by atoms with Crippen molar-refractivity contribution in [2.45, 2.75) is 39.7 Å². The van der Waals surface area contributed by atoms with Crippen molar-refractivity contribution in [3.63, 3.8) is 0 Å². The van der Waals surface area contributed by atoms with Gasteiger partial charge in [-0.1, -0.05) is 39.0 Å². The number of carboxylic acids is 1. The average molecular weight is 329 g/mol. The fraction of sp³-hybridized carbons (Fsp3) is 0.389. The van der Waals surface area contributed by atoms with Gasteiger partial charge in [0.2, 0.25) is 0 Å². The van der Waals surface area contributed by atoms with Gasteiger partial charge in [-0.25, -0.2) is 4.79 Å². The number of nitrogens with one attached hydrogen (secondary N) is 2. The van der Waals surface area contributed by atoms with Gasteiger partial charge in [0.1, 0.15) is 17.7 Å². The lowest BCUT2D eigenvalue weighted by Crippen LogP contribution is -2.42. The van der Waals surface area contributed by atoms with Crippen LogP contribution in [0.1, 0.15) is 32.8 Å². The zero-order chi connectivity index (χ0) is 18.1. The van der Waals surface area contributed by atoms with Gasteiger partial charge in [0.25, 0.3) is 5.91 Å². The minimum Gasteiger partial charge on any atom is -0.480 e. The van der Waals surface area contributed by atoms with Crippen LogP contribution in [0.25, 0.3) is 0 Å². The number of rotatable bonds is 8. The molecular formula is C18H23N3O3. The first-order chi connectivity index (χ1) is 11.4. The summed E-state index contributed by atoms with van der Waals surface area (Å²) in [5, 5.41) is 23.7. The van der Waals surface area contributed by atoms with Crippen LogP contribution in [0.15, 0.2) is 36.0 Å². The number of aliphatic carboxylic acids is 1. The molecule has 1 atom stereocenters. The summed E-state index contributed by atoms with van der Waals surface area (Å²) in [6, 6.07) is 8.35. The smallest absolute Gasteiger partial charge is 0.326 e. The number of hydrogen-bond donors (Lipinski definition) is 3. The molecule has 0 aromatic heterocycles. The minimum atomic E-state index is -1.11. The standard InChI is InChI=1S/C18H23N3O3/c1-4-13-7-5-6-8-15(13)20-11-14(10-19)17(22)21-16(18(23)24)9-12(2)3/h5-8,11-12,16,20H,4,9H2,1-3H3,(H,21,22)(H,23,24)/b14-11-. The summed E-state index contributed by atoms with van der Waals surface area (Å²) in [4.78, 5) is 23.4. The molecule has 0 radical (unpaired) electrons. The van der Waals surface area contributed by atoms with Gasteiger partial charge in [-0.3, -0.25) is 4.79 Å². The fourth-order valence-corrected chi connectivity index (χ4v) is 2.20. The third-order valence-electron chi connectivity index (χ3n) is 3.45. The van der Waals surface area contributed by atoms with E-state index in [1.165, 1.54) is 6.20 Å². The highest BCUT2D eigenvalue weighted by atomic mass is 16.4. The van der Waals surface area contributed by atoms with Crippen LogP contribution in [0.2, 0.25) is 0 Å². The molecular weight excluding hydrogens is 306 g/mol. The van der Waals surface area contributed by atoms with E-state index in [0.717, 1.165) is 17.7 Å². The van der Waals surface area contributed by atoms with Crippen LogP contribution in [0, 0.1) is 17.2 Å². The van der Waals surface area contributed by atoms with Crippen molar-refractivity contribution < 1.29 is 14.7 Å². The van der Waals surface area contributed by atoms with E-state index in [-0.39, 0.29) is 11.5 Å². The molecule has 1 rings (SSSR count). The number of nitrogens with zero attached hydrogens (tertiary/aromatic N) is 1. The molecule has 0 heterocycles. The Morgan fingerprint density at radius 1 is 1.33 bits per heavy atom. The molecule has 0 aliphatic heterocycles. The van der Waals surface area contributed by atoms with Crippen LogP contribution in [-0.4, -0.2) is 23.0 Å². The molecule has 24 heavy (non-hydrogen) atoms. The first-order valence-corrected chi connectivity index (χ1v) is 7.87. The molecule has 1 aromatic carbocycles. The second-order valence-electron chi connectivity index (χ2n) is 5.82. The van der Waals surface area contributed by atoms with Crippen molar-refractivity contribution in [2.75, 3.05) is 5.32 Å². The Hall–Kier alpha value is -2.81. The number of para-hydroxylation sites is 1. The molecule has 1 amide bonds. The Balaban J connectivity index is 2.86. The molecule has 0 saturated heterocycles. The average Bonchev–Trinajstić information content (AvgIpc) is 2.54. The lowest BCUT2D eigenvalue weighted by atomic mass is 10.0. The summed E-state index contributed by atoms with van der Waals surface area (Å²) < 4.78 is 0. The van der Waals surface area contributed by atoms with Gasteiger partial charge in [-0.05, 0) is 30.4 Å². The molecule has 1 unspecified atom stereocenters. The lowest BCUT2D eigenvalue weighted by molar-refractivity contribution is -0.141.